The van der Waals surface area contributed by atoms with E-state index in [1.54, 1.807) is 31.4 Å². The Morgan fingerprint density at radius 3 is 2.05 bits per heavy atom. The maximum absolute atomic E-state index is 12.0. The first-order valence-corrected chi connectivity index (χ1v) is 7.00. The van der Waals surface area contributed by atoms with Crippen molar-refractivity contribution in [3.05, 3.63) is 59.7 Å². The first kappa shape index (κ1) is 15.1. The SMILES string of the molecule is COc1ccc(C(=O)COc2ccc(C(C)C)cc2)cc1. The van der Waals surface area contributed by atoms with Gasteiger partial charge in [0.2, 0.25) is 0 Å². The van der Waals surface area contributed by atoms with Gasteiger partial charge >= 0.3 is 0 Å². The number of methoxy groups -OCH3 is 1. The van der Waals surface area contributed by atoms with Crippen molar-refractivity contribution < 1.29 is 14.3 Å². The van der Waals surface area contributed by atoms with Crippen LogP contribution in [0.2, 0.25) is 0 Å². The van der Waals surface area contributed by atoms with Gasteiger partial charge in [0.05, 0.1) is 7.11 Å². The third-order valence-electron chi connectivity index (χ3n) is 3.33. The molecule has 0 aromatic heterocycles. The molecular weight excluding hydrogens is 264 g/mol. The van der Waals surface area contributed by atoms with E-state index in [1.165, 1.54) is 5.56 Å². The molecule has 2 aromatic carbocycles. The summed E-state index contributed by atoms with van der Waals surface area (Å²) >= 11 is 0. The molecule has 0 aliphatic carbocycles. The predicted molar refractivity (Wildman–Crippen MR) is 83.4 cm³/mol. The number of ether oxygens (including phenoxy) is 2. The molecule has 0 fully saturated rings. The van der Waals surface area contributed by atoms with Crippen molar-refractivity contribution in [3.63, 3.8) is 0 Å². The Morgan fingerprint density at radius 2 is 1.52 bits per heavy atom. The van der Waals surface area contributed by atoms with Crippen molar-refractivity contribution in [1.29, 1.82) is 0 Å². The van der Waals surface area contributed by atoms with E-state index in [-0.39, 0.29) is 12.4 Å². The van der Waals surface area contributed by atoms with Crippen LogP contribution in [-0.2, 0) is 0 Å². The summed E-state index contributed by atoms with van der Waals surface area (Å²) in [6.45, 7) is 4.32. The van der Waals surface area contributed by atoms with Crippen LogP contribution >= 0.6 is 0 Å². The summed E-state index contributed by atoms with van der Waals surface area (Å²) in [6, 6.07) is 14.9. The van der Waals surface area contributed by atoms with Crippen LogP contribution in [0.15, 0.2) is 48.5 Å². The number of rotatable bonds is 6. The standard InChI is InChI=1S/C18H20O3/c1-13(2)14-4-10-17(11-5-14)21-12-18(19)15-6-8-16(20-3)9-7-15/h4-11,13H,12H2,1-3H3. The Bertz CT molecular complexity index is 583. The highest BCUT2D eigenvalue weighted by Gasteiger charge is 2.07. The first-order chi connectivity index (χ1) is 10.1. The van der Waals surface area contributed by atoms with Crippen molar-refractivity contribution >= 4 is 5.78 Å². The Labute approximate surface area is 125 Å². The van der Waals surface area contributed by atoms with Crippen molar-refractivity contribution in [3.8, 4) is 11.5 Å². The van der Waals surface area contributed by atoms with Crippen LogP contribution in [0.4, 0.5) is 0 Å². The molecule has 0 radical (unpaired) electrons. The van der Waals surface area contributed by atoms with Crippen LogP contribution in [0.3, 0.4) is 0 Å². The predicted octanol–water partition coefficient (Wildman–Crippen LogP) is 4.08. The van der Waals surface area contributed by atoms with E-state index in [4.69, 9.17) is 9.47 Å². The first-order valence-electron chi connectivity index (χ1n) is 7.00. The summed E-state index contributed by atoms with van der Waals surface area (Å²) in [5, 5.41) is 0. The van der Waals surface area contributed by atoms with Gasteiger partial charge in [-0.2, -0.15) is 0 Å². The van der Waals surface area contributed by atoms with E-state index in [0.717, 1.165) is 5.75 Å². The molecule has 0 N–H and O–H groups in total. The van der Waals surface area contributed by atoms with Gasteiger partial charge in [0, 0.05) is 5.56 Å². The molecule has 0 saturated heterocycles. The largest absolute Gasteiger partial charge is 0.497 e. The Hall–Kier alpha value is -2.29. The van der Waals surface area contributed by atoms with Gasteiger partial charge in [-0.1, -0.05) is 26.0 Å². The zero-order valence-corrected chi connectivity index (χ0v) is 12.6. The van der Waals surface area contributed by atoms with Crippen molar-refractivity contribution in [1.82, 2.24) is 0 Å². The van der Waals surface area contributed by atoms with Gasteiger partial charge in [-0.05, 0) is 47.9 Å². The molecule has 0 heterocycles. The summed E-state index contributed by atoms with van der Waals surface area (Å²) < 4.78 is 10.6. The molecule has 0 aliphatic rings. The zero-order chi connectivity index (χ0) is 15.2. The fourth-order valence-electron chi connectivity index (χ4n) is 1.96. The fourth-order valence-corrected chi connectivity index (χ4v) is 1.96. The summed E-state index contributed by atoms with van der Waals surface area (Å²) in [6.07, 6.45) is 0. The molecule has 21 heavy (non-hydrogen) atoms. The number of hydrogen-bond acceptors (Lipinski definition) is 3. The topological polar surface area (TPSA) is 35.5 Å². The van der Waals surface area contributed by atoms with Crippen LogP contribution in [0.25, 0.3) is 0 Å². The van der Waals surface area contributed by atoms with E-state index >= 15 is 0 Å². The van der Waals surface area contributed by atoms with Crippen molar-refractivity contribution in [2.75, 3.05) is 13.7 Å². The molecule has 0 spiro atoms. The second-order valence-electron chi connectivity index (χ2n) is 5.16. The molecule has 0 aliphatic heterocycles. The average molecular weight is 284 g/mol. The minimum Gasteiger partial charge on any atom is -0.497 e. The molecule has 2 rings (SSSR count). The number of benzene rings is 2. The van der Waals surface area contributed by atoms with Gasteiger partial charge in [-0.15, -0.1) is 0 Å². The molecule has 0 atom stereocenters. The fraction of sp³-hybridized carbons (Fsp3) is 0.278. The minimum atomic E-state index is -0.0504. The molecule has 0 saturated carbocycles. The maximum Gasteiger partial charge on any atom is 0.200 e. The zero-order valence-electron chi connectivity index (χ0n) is 12.6. The van der Waals surface area contributed by atoms with E-state index in [1.807, 2.05) is 24.3 Å². The van der Waals surface area contributed by atoms with Crippen molar-refractivity contribution in [2.24, 2.45) is 0 Å². The van der Waals surface area contributed by atoms with E-state index in [0.29, 0.717) is 17.2 Å². The third-order valence-corrected chi connectivity index (χ3v) is 3.33. The number of hydrogen-bond donors (Lipinski definition) is 0. The molecule has 3 nitrogen and oxygen atoms in total. The summed E-state index contributed by atoms with van der Waals surface area (Å²) in [4.78, 5) is 12.0. The van der Waals surface area contributed by atoms with Gasteiger partial charge in [0.15, 0.2) is 12.4 Å². The lowest BCUT2D eigenvalue weighted by atomic mass is 10.0. The molecular formula is C18H20O3. The molecule has 0 bridgehead atoms. The van der Waals surface area contributed by atoms with E-state index < -0.39 is 0 Å². The van der Waals surface area contributed by atoms with E-state index in [9.17, 15) is 4.79 Å². The van der Waals surface area contributed by atoms with E-state index in [2.05, 4.69) is 13.8 Å². The molecule has 2 aromatic rings. The molecule has 0 unspecified atom stereocenters. The smallest absolute Gasteiger partial charge is 0.200 e. The highest BCUT2D eigenvalue weighted by Crippen LogP contribution is 2.19. The van der Waals surface area contributed by atoms with Crippen LogP contribution in [0.1, 0.15) is 35.7 Å². The molecule has 3 heteroatoms. The lowest BCUT2D eigenvalue weighted by Crippen LogP contribution is -2.11. The van der Waals surface area contributed by atoms with Gasteiger partial charge in [-0.25, -0.2) is 0 Å². The lowest BCUT2D eigenvalue weighted by Gasteiger charge is -2.08. The molecule has 110 valence electrons. The van der Waals surface area contributed by atoms with Crippen LogP contribution < -0.4 is 9.47 Å². The second kappa shape index (κ2) is 6.93. The highest BCUT2D eigenvalue weighted by atomic mass is 16.5. The average Bonchev–Trinajstić information content (AvgIpc) is 2.53. The number of carbonyl (C=O) groups excluding carboxylic acids is 1. The minimum absolute atomic E-state index is 0.0351. The third kappa shape index (κ3) is 4.09. The lowest BCUT2D eigenvalue weighted by molar-refractivity contribution is 0.0921. The molecule has 0 amide bonds. The Kier molecular flexibility index (Phi) is 4.99. The van der Waals surface area contributed by atoms with Crippen molar-refractivity contribution in [2.45, 2.75) is 19.8 Å². The van der Waals surface area contributed by atoms with Gasteiger partial charge in [0.1, 0.15) is 11.5 Å². The van der Waals surface area contributed by atoms with Crippen LogP contribution in [0.5, 0.6) is 11.5 Å². The number of ketones is 1. The number of Topliss-reactive ketones (excluding diaryl/α,β-unsaturated/α-hetero) is 1. The number of carbonyl (C=O) groups is 1. The summed E-state index contributed by atoms with van der Waals surface area (Å²) in [5.74, 6) is 1.88. The monoisotopic (exact) mass is 284 g/mol. The summed E-state index contributed by atoms with van der Waals surface area (Å²) in [7, 11) is 1.60. The van der Waals surface area contributed by atoms with Gasteiger partial charge in [-0.3, -0.25) is 4.79 Å². The normalized spacial score (nSPS) is 10.5. The van der Waals surface area contributed by atoms with Gasteiger partial charge < -0.3 is 9.47 Å². The van der Waals surface area contributed by atoms with Gasteiger partial charge in [0.25, 0.3) is 0 Å². The summed E-state index contributed by atoms with van der Waals surface area (Å²) in [5.41, 5.74) is 1.87. The maximum atomic E-state index is 12.0. The Balaban J connectivity index is 1.93. The Morgan fingerprint density at radius 1 is 0.952 bits per heavy atom. The van der Waals surface area contributed by atoms with Crippen LogP contribution in [-0.4, -0.2) is 19.5 Å². The second-order valence-corrected chi connectivity index (χ2v) is 5.16. The van der Waals surface area contributed by atoms with Crippen LogP contribution in [0, 0.1) is 0 Å². The highest BCUT2D eigenvalue weighted by molar-refractivity contribution is 5.97. The quantitative estimate of drug-likeness (QED) is 0.750.